The van der Waals surface area contributed by atoms with E-state index in [1.165, 1.54) is 6.20 Å². The van der Waals surface area contributed by atoms with Gasteiger partial charge >= 0.3 is 0 Å². The maximum absolute atomic E-state index is 12.0. The Bertz CT molecular complexity index is 766. The number of halogens is 2. The number of pyridine rings is 1. The van der Waals surface area contributed by atoms with Crippen LogP contribution in [0.3, 0.4) is 0 Å². The van der Waals surface area contributed by atoms with Gasteiger partial charge in [0.25, 0.3) is 0 Å². The van der Waals surface area contributed by atoms with Gasteiger partial charge in [0.15, 0.2) is 6.20 Å². The molecule has 2 nitrogen and oxygen atoms in total. The Morgan fingerprint density at radius 2 is 1.68 bits per heavy atom. The molecule has 0 fully saturated rings. The van der Waals surface area contributed by atoms with E-state index in [0.717, 1.165) is 21.2 Å². The average molecular weight is 290 g/mol. The predicted octanol–water partition coefficient (Wildman–Crippen LogP) is 4.45. The lowest BCUT2D eigenvalue weighted by Crippen LogP contribution is -2.26. The number of para-hydroxylation sites is 1. The SMILES string of the molecule is [O-][n+]1cccc2cccc(-c3ccc(Cl)c(Cl)c3)c21. The molecule has 0 aliphatic heterocycles. The van der Waals surface area contributed by atoms with Gasteiger partial charge in [0, 0.05) is 11.5 Å². The van der Waals surface area contributed by atoms with E-state index in [1.807, 2.05) is 30.3 Å². The molecule has 0 atom stereocenters. The van der Waals surface area contributed by atoms with E-state index in [-0.39, 0.29) is 0 Å². The van der Waals surface area contributed by atoms with Gasteiger partial charge in [-0.3, -0.25) is 0 Å². The van der Waals surface area contributed by atoms with Crippen molar-refractivity contribution in [2.75, 3.05) is 0 Å². The zero-order chi connectivity index (χ0) is 13.4. The third-order valence-corrected chi connectivity index (χ3v) is 3.75. The Balaban J connectivity index is 2.33. The molecule has 0 aliphatic rings. The predicted molar refractivity (Wildman–Crippen MR) is 78.4 cm³/mol. The molecule has 0 radical (unpaired) electrons. The van der Waals surface area contributed by atoms with E-state index in [4.69, 9.17) is 23.2 Å². The van der Waals surface area contributed by atoms with Crippen molar-refractivity contribution in [3.05, 3.63) is 70.0 Å². The number of nitrogens with zero attached hydrogens (tertiary/aromatic N) is 1. The van der Waals surface area contributed by atoms with Crippen molar-refractivity contribution in [1.29, 1.82) is 0 Å². The second kappa shape index (κ2) is 4.72. The van der Waals surface area contributed by atoms with Crippen LogP contribution in [0.5, 0.6) is 0 Å². The van der Waals surface area contributed by atoms with Crippen molar-refractivity contribution in [2.45, 2.75) is 0 Å². The summed E-state index contributed by atoms with van der Waals surface area (Å²) in [6.07, 6.45) is 1.49. The molecule has 0 amide bonds. The van der Waals surface area contributed by atoms with Gasteiger partial charge in [0.1, 0.15) is 0 Å². The summed E-state index contributed by atoms with van der Waals surface area (Å²) in [5.74, 6) is 0. The quantitative estimate of drug-likeness (QED) is 0.480. The third kappa shape index (κ3) is 2.14. The highest BCUT2D eigenvalue weighted by molar-refractivity contribution is 6.42. The fourth-order valence-corrected chi connectivity index (χ4v) is 2.44. The van der Waals surface area contributed by atoms with Crippen LogP contribution in [0.4, 0.5) is 0 Å². The van der Waals surface area contributed by atoms with Crippen LogP contribution >= 0.6 is 23.2 Å². The number of hydrogen-bond donors (Lipinski definition) is 0. The normalized spacial score (nSPS) is 10.8. The van der Waals surface area contributed by atoms with Crippen molar-refractivity contribution < 1.29 is 4.73 Å². The van der Waals surface area contributed by atoms with Crippen molar-refractivity contribution in [2.24, 2.45) is 0 Å². The van der Waals surface area contributed by atoms with Crippen molar-refractivity contribution in [1.82, 2.24) is 0 Å². The molecular weight excluding hydrogens is 281 g/mol. The van der Waals surface area contributed by atoms with E-state index >= 15 is 0 Å². The first kappa shape index (κ1) is 12.3. The van der Waals surface area contributed by atoms with Gasteiger partial charge in [-0.15, -0.1) is 0 Å². The van der Waals surface area contributed by atoms with Crippen LogP contribution in [0.1, 0.15) is 0 Å². The minimum Gasteiger partial charge on any atom is -0.618 e. The molecule has 2 aromatic carbocycles. The summed E-state index contributed by atoms with van der Waals surface area (Å²) >= 11 is 12.0. The van der Waals surface area contributed by atoms with E-state index in [1.54, 1.807) is 18.2 Å². The molecule has 0 saturated carbocycles. The smallest absolute Gasteiger partial charge is 0.231 e. The second-order valence-electron chi connectivity index (χ2n) is 4.21. The van der Waals surface area contributed by atoms with Crippen molar-refractivity contribution in [3.63, 3.8) is 0 Å². The number of fused-ring (bicyclic) bond motifs is 1. The van der Waals surface area contributed by atoms with E-state index in [0.29, 0.717) is 15.6 Å². The summed E-state index contributed by atoms with van der Waals surface area (Å²) in [6, 6.07) is 14.7. The van der Waals surface area contributed by atoms with Crippen LogP contribution in [0, 0.1) is 5.21 Å². The van der Waals surface area contributed by atoms with Gasteiger partial charge in [-0.05, 0) is 35.9 Å². The second-order valence-corrected chi connectivity index (χ2v) is 5.02. The largest absolute Gasteiger partial charge is 0.618 e. The van der Waals surface area contributed by atoms with E-state index in [9.17, 15) is 5.21 Å². The summed E-state index contributed by atoms with van der Waals surface area (Å²) in [7, 11) is 0. The lowest BCUT2D eigenvalue weighted by molar-refractivity contribution is -0.576. The maximum Gasteiger partial charge on any atom is 0.231 e. The highest BCUT2D eigenvalue weighted by Crippen LogP contribution is 2.31. The summed E-state index contributed by atoms with van der Waals surface area (Å²) in [5, 5.41) is 13.8. The molecule has 3 aromatic rings. The molecule has 1 aromatic heterocycles. The molecular formula is C15H9Cl2NO. The fraction of sp³-hybridized carbons (Fsp3) is 0. The average Bonchev–Trinajstić information content (AvgIpc) is 2.42. The van der Waals surface area contributed by atoms with Crippen molar-refractivity contribution >= 4 is 34.1 Å². The Kier molecular flexibility index (Phi) is 3.05. The van der Waals surface area contributed by atoms with Gasteiger partial charge in [-0.25, -0.2) is 0 Å². The lowest BCUT2D eigenvalue weighted by Gasteiger charge is -2.08. The van der Waals surface area contributed by atoms with Gasteiger partial charge in [0.2, 0.25) is 5.52 Å². The molecule has 0 aliphatic carbocycles. The lowest BCUT2D eigenvalue weighted by atomic mass is 10.0. The Morgan fingerprint density at radius 1 is 0.895 bits per heavy atom. The standard InChI is InChI=1S/C15H9Cl2NO/c16-13-7-6-11(9-14(13)17)12-5-1-3-10-4-2-8-18(19)15(10)12/h1-9H. The highest BCUT2D eigenvalue weighted by atomic mass is 35.5. The van der Waals surface area contributed by atoms with E-state index < -0.39 is 0 Å². The third-order valence-electron chi connectivity index (χ3n) is 3.02. The zero-order valence-electron chi connectivity index (χ0n) is 9.81. The van der Waals surface area contributed by atoms with Gasteiger partial charge < -0.3 is 5.21 Å². The van der Waals surface area contributed by atoms with Crippen LogP contribution in [0.15, 0.2) is 54.7 Å². The Labute approximate surface area is 120 Å². The first-order chi connectivity index (χ1) is 9.16. The van der Waals surface area contributed by atoms with Crippen LogP contribution in [-0.4, -0.2) is 0 Å². The van der Waals surface area contributed by atoms with E-state index in [2.05, 4.69) is 0 Å². The van der Waals surface area contributed by atoms with Crippen LogP contribution < -0.4 is 4.73 Å². The molecule has 0 unspecified atom stereocenters. The summed E-state index contributed by atoms with van der Waals surface area (Å²) in [6.45, 7) is 0. The molecule has 0 N–H and O–H groups in total. The minimum absolute atomic E-state index is 0.476. The molecule has 0 spiro atoms. The summed E-state index contributed by atoms with van der Waals surface area (Å²) < 4.78 is 0.868. The number of hydrogen-bond acceptors (Lipinski definition) is 1. The molecule has 3 rings (SSSR count). The fourth-order valence-electron chi connectivity index (χ4n) is 2.14. The molecule has 4 heteroatoms. The first-order valence-electron chi connectivity index (χ1n) is 5.73. The maximum atomic E-state index is 12.0. The first-order valence-corrected chi connectivity index (χ1v) is 6.49. The summed E-state index contributed by atoms with van der Waals surface area (Å²) in [5.41, 5.74) is 2.34. The van der Waals surface area contributed by atoms with Gasteiger partial charge in [-0.2, -0.15) is 4.73 Å². The zero-order valence-corrected chi connectivity index (χ0v) is 11.3. The number of benzene rings is 2. The van der Waals surface area contributed by atoms with Crippen molar-refractivity contribution in [3.8, 4) is 11.1 Å². The monoisotopic (exact) mass is 289 g/mol. The molecule has 0 saturated heterocycles. The molecule has 19 heavy (non-hydrogen) atoms. The summed E-state index contributed by atoms with van der Waals surface area (Å²) in [4.78, 5) is 0. The van der Waals surface area contributed by atoms with Crippen LogP contribution in [-0.2, 0) is 0 Å². The number of aromatic nitrogens is 1. The Hall–Kier alpha value is -1.77. The topological polar surface area (TPSA) is 26.9 Å². The van der Waals surface area contributed by atoms with Crippen LogP contribution in [0.25, 0.3) is 22.0 Å². The van der Waals surface area contributed by atoms with Gasteiger partial charge in [-0.1, -0.05) is 35.3 Å². The highest BCUT2D eigenvalue weighted by Gasteiger charge is 2.12. The molecule has 0 bridgehead atoms. The molecule has 94 valence electrons. The van der Waals surface area contributed by atoms with Gasteiger partial charge in [0.05, 0.1) is 15.6 Å². The Morgan fingerprint density at radius 3 is 2.47 bits per heavy atom. The minimum atomic E-state index is 0.476. The molecule has 1 heterocycles. The number of rotatable bonds is 1. The van der Waals surface area contributed by atoms with Crippen LogP contribution in [0.2, 0.25) is 10.0 Å².